The number of ether oxygens (including phenoxy) is 1. The lowest BCUT2D eigenvalue weighted by atomic mass is 10.1. The fourth-order valence-electron chi connectivity index (χ4n) is 1.83. The predicted octanol–water partition coefficient (Wildman–Crippen LogP) is 4.00. The van der Waals surface area contributed by atoms with Crippen LogP contribution in [0.3, 0.4) is 0 Å². The summed E-state index contributed by atoms with van der Waals surface area (Å²) in [6.45, 7) is 5.49. The number of halogens is 3. The van der Waals surface area contributed by atoms with E-state index >= 15 is 0 Å². The molecular weight excluding hydrogens is 267 g/mol. The molecule has 0 spiro atoms. The molecule has 1 atom stereocenters. The van der Waals surface area contributed by atoms with Gasteiger partial charge in [-0.3, -0.25) is 0 Å². The van der Waals surface area contributed by atoms with Crippen LogP contribution in [0.1, 0.15) is 37.0 Å². The van der Waals surface area contributed by atoms with Gasteiger partial charge in [0.1, 0.15) is 0 Å². The Morgan fingerprint density at radius 2 is 1.85 bits per heavy atom. The van der Waals surface area contributed by atoms with Gasteiger partial charge in [-0.25, -0.2) is 0 Å². The molecule has 0 amide bonds. The third kappa shape index (κ3) is 6.91. The molecule has 5 heteroatoms. The number of aryl methyl sites for hydroxylation is 1. The summed E-state index contributed by atoms with van der Waals surface area (Å²) in [6, 6.07) is 7.88. The smallest absolute Gasteiger partial charge is 0.372 e. The number of benzene rings is 1. The lowest BCUT2D eigenvalue weighted by molar-refractivity contribution is -0.138. The van der Waals surface area contributed by atoms with Crippen LogP contribution in [0, 0.1) is 6.92 Å². The van der Waals surface area contributed by atoms with Crippen LogP contribution in [0.4, 0.5) is 13.2 Å². The zero-order valence-corrected chi connectivity index (χ0v) is 12.0. The van der Waals surface area contributed by atoms with Gasteiger partial charge in [0.2, 0.25) is 0 Å². The second-order valence-corrected chi connectivity index (χ2v) is 4.80. The second-order valence-electron chi connectivity index (χ2n) is 4.80. The molecule has 0 saturated heterocycles. The van der Waals surface area contributed by atoms with E-state index < -0.39 is 12.6 Å². The van der Waals surface area contributed by atoms with E-state index in [0.717, 1.165) is 17.7 Å². The molecule has 1 aromatic rings. The van der Waals surface area contributed by atoms with Gasteiger partial charge in [0.05, 0.1) is 6.10 Å². The Balaban J connectivity index is 2.49. The van der Waals surface area contributed by atoms with Crippen molar-refractivity contribution < 1.29 is 17.9 Å². The molecular formula is C15H22F3NO. The van der Waals surface area contributed by atoms with Crippen molar-refractivity contribution in [1.29, 1.82) is 0 Å². The maximum atomic E-state index is 12.1. The molecule has 0 fully saturated rings. The highest BCUT2D eigenvalue weighted by Crippen LogP contribution is 2.23. The lowest BCUT2D eigenvalue weighted by Gasteiger charge is -2.19. The second kappa shape index (κ2) is 8.27. The standard InChI is InChI=1S/C15H22F3NO/c1-3-19-11-14(13-7-5-12(2)6-8-13)20-10-4-9-15(16,17)18/h5-8,14,19H,3-4,9-11H2,1-2H3. The Morgan fingerprint density at radius 3 is 2.40 bits per heavy atom. The van der Waals surface area contributed by atoms with Crippen molar-refractivity contribution in [1.82, 2.24) is 5.32 Å². The molecule has 0 radical (unpaired) electrons. The first kappa shape index (κ1) is 17.0. The summed E-state index contributed by atoms with van der Waals surface area (Å²) < 4.78 is 41.8. The first-order valence-electron chi connectivity index (χ1n) is 6.88. The van der Waals surface area contributed by atoms with Gasteiger partial charge in [0, 0.05) is 19.6 Å². The highest BCUT2D eigenvalue weighted by Gasteiger charge is 2.26. The summed E-state index contributed by atoms with van der Waals surface area (Å²) >= 11 is 0. The van der Waals surface area contributed by atoms with E-state index in [1.807, 2.05) is 38.1 Å². The van der Waals surface area contributed by atoms with E-state index in [2.05, 4.69) is 5.32 Å². The summed E-state index contributed by atoms with van der Waals surface area (Å²) in [5.41, 5.74) is 2.14. The van der Waals surface area contributed by atoms with Crippen LogP contribution in [0.2, 0.25) is 0 Å². The van der Waals surface area contributed by atoms with Crippen LogP contribution < -0.4 is 5.32 Å². The molecule has 0 heterocycles. The van der Waals surface area contributed by atoms with E-state index in [0.29, 0.717) is 6.54 Å². The average molecular weight is 289 g/mol. The minimum Gasteiger partial charge on any atom is -0.372 e. The van der Waals surface area contributed by atoms with Crippen molar-refractivity contribution in [2.75, 3.05) is 19.7 Å². The van der Waals surface area contributed by atoms with Gasteiger partial charge < -0.3 is 10.1 Å². The van der Waals surface area contributed by atoms with Crippen molar-refractivity contribution in [3.63, 3.8) is 0 Å². The molecule has 114 valence electrons. The highest BCUT2D eigenvalue weighted by molar-refractivity contribution is 5.23. The Bertz CT molecular complexity index is 376. The summed E-state index contributed by atoms with van der Waals surface area (Å²) in [5, 5.41) is 3.17. The number of nitrogens with one attached hydrogen (secondary N) is 1. The minimum absolute atomic E-state index is 0.00200. The first-order chi connectivity index (χ1) is 9.42. The quantitative estimate of drug-likeness (QED) is 0.730. The molecule has 0 aliphatic rings. The van der Waals surface area contributed by atoms with E-state index in [1.54, 1.807) is 0 Å². The molecule has 0 aliphatic carbocycles. The van der Waals surface area contributed by atoms with Crippen LogP contribution in [0.5, 0.6) is 0 Å². The van der Waals surface area contributed by atoms with E-state index in [9.17, 15) is 13.2 Å². The fraction of sp³-hybridized carbons (Fsp3) is 0.600. The molecule has 1 rings (SSSR count). The highest BCUT2D eigenvalue weighted by atomic mass is 19.4. The average Bonchev–Trinajstić information content (AvgIpc) is 2.38. The number of hydrogen-bond donors (Lipinski definition) is 1. The molecule has 0 aromatic heterocycles. The van der Waals surface area contributed by atoms with Crippen LogP contribution in [0.15, 0.2) is 24.3 Å². The van der Waals surface area contributed by atoms with Gasteiger partial charge in [0.25, 0.3) is 0 Å². The monoisotopic (exact) mass is 289 g/mol. The molecule has 1 N–H and O–H groups in total. The summed E-state index contributed by atoms with van der Waals surface area (Å²) in [7, 11) is 0. The van der Waals surface area contributed by atoms with Gasteiger partial charge in [-0.1, -0.05) is 36.8 Å². The molecule has 1 aromatic carbocycles. The zero-order chi connectivity index (χ0) is 15.0. The van der Waals surface area contributed by atoms with Gasteiger partial charge in [-0.2, -0.15) is 13.2 Å². The molecule has 0 bridgehead atoms. The third-order valence-electron chi connectivity index (χ3n) is 2.95. The van der Waals surface area contributed by atoms with E-state index in [4.69, 9.17) is 4.74 Å². The summed E-state index contributed by atoms with van der Waals surface area (Å²) in [4.78, 5) is 0. The molecule has 20 heavy (non-hydrogen) atoms. The molecule has 2 nitrogen and oxygen atoms in total. The number of rotatable bonds is 8. The third-order valence-corrected chi connectivity index (χ3v) is 2.95. The van der Waals surface area contributed by atoms with Crippen molar-refractivity contribution in [2.45, 2.75) is 39.0 Å². The van der Waals surface area contributed by atoms with E-state index in [-0.39, 0.29) is 19.1 Å². The molecule has 0 aliphatic heterocycles. The van der Waals surface area contributed by atoms with Gasteiger partial charge in [-0.15, -0.1) is 0 Å². The van der Waals surface area contributed by atoms with Crippen molar-refractivity contribution >= 4 is 0 Å². The van der Waals surface area contributed by atoms with Gasteiger partial charge in [-0.05, 0) is 25.5 Å². The number of likely N-dealkylation sites (N-methyl/N-ethyl adjacent to an activating group) is 1. The van der Waals surface area contributed by atoms with Gasteiger partial charge >= 0.3 is 6.18 Å². The van der Waals surface area contributed by atoms with Crippen molar-refractivity contribution in [2.24, 2.45) is 0 Å². The van der Waals surface area contributed by atoms with Crippen molar-refractivity contribution in [3.05, 3.63) is 35.4 Å². The Kier molecular flexibility index (Phi) is 7.02. The van der Waals surface area contributed by atoms with E-state index in [1.165, 1.54) is 0 Å². The fourth-order valence-corrected chi connectivity index (χ4v) is 1.83. The first-order valence-corrected chi connectivity index (χ1v) is 6.88. The Morgan fingerprint density at radius 1 is 1.20 bits per heavy atom. The zero-order valence-electron chi connectivity index (χ0n) is 12.0. The summed E-state index contributed by atoms with van der Waals surface area (Å²) in [5.74, 6) is 0. The maximum absolute atomic E-state index is 12.1. The molecule has 1 unspecified atom stereocenters. The van der Waals surface area contributed by atoms with Crippen LogP contribution in [-0.4, -0.2) is 25.9 Å². The van der Waals surface area contributed by atoms with Crippen LogP contribution >= 0.6 is 0 Å². The van der Waals surface area contributed by atoms with Crippen molar-refractivity contribution in [3.8, 4) is 0 Å². The SMILES string of the molecule is CCNCC(OCCCC(F)(F)F)c1ccc(C)cc1. The largest absolute Gasteiger partial charge is 0.389 e. The van der Waals surface area contributed by atoms with Gasteiger partial charge in [0.15, 0.2) is 0 Å². The topological polar surface area (TPSA) is 21.3 Å². The number of alkyl halides is 3. The maximum Gasteiger partial charge on any atom is 0.389 e. The van der Waals surface area contributed by atoms with Crippen LogP contribution in [-0.2, 0) is 4.74 Å². The Hall–Kier alpha value is -1.07. The normalized spacial score (nSPS) is 13.4. The Labute approximate surface area is 118 Å². The predicted molar refractivity (Wildman–Crippen MR) is 73.7 cm³/mol. The summed E-state index contributed by atoms with van der Waals surface area (Å²) in [6.07, 6.45) is -5.11. The van der Waals surface area contributed by atoms with Crippen LogP contribution in [0.25, 0.3) is 0 Å². The minimum atomic E-state index is -4.11. The number of hydrogen-bond acceptors (Lipinski definition) is 2. The lowest BCUT2D eigenvalue weighted by Crippen LogP contribution is -2.23. The molecule has 0 saturated carbocycles.